The lowest BCUT2D eigenvalue weighted by Crippen LogP contribution is -2.52. The van der Waals surface area contributed by atoms with Gasteiger partial charge < -0.3 is 16.2 Å². The Bertz CT molecular complexity index is 243. The molecular weight excluding hydrogens is 206 g/mol. The predicted molar refractivity (Wildman–Crippen MR) is 62.9 cm³/mol. The van der Waals surface area contributed by atoms with Crippen LogP contribution in [-0.4, -0.2) is 48.7 Å². The second-order valence-electron chi connectivity index (χ2n) is 4.73. The van der Waals surface area contributed by atoms with Gasteiger partial charge in [0.2, 0.25) is 5.91 Å². The quantitative estimate of drug-likeness (QED) is 0.677. The normalized spacial score (nSPS) is 26.3. The molecule has 0 radical (unpaired) electrons. The summed E-state index contributed by atoms with van der Waals surface area (Å²) < 4.78 is 5.57. The van der Waals surface area contributed by atoms with Crippen LogP contribution in [0.5, 0.6) is 0 Å². The van der Waals surface area contributed by atoms with Gasteiger partial charge in [-0.2, -0.15) is 0 Å². The van der Waals surface area contributed by atoms with Gasteiger partial charge in [0.15, 0.2) is 0 Å². The van der Waals surface area contributed by atoms with Crippen LogP contribution in [0.2, 0.25) is 0 Å². The molecule has 1 amide bonds. The molecule has 1 aliphatic heterocycles. The SMILES string of the molecule is CCC1CN(CCC(C)(N)C(N)=O)CCO1. The maximum absolute atomic E-state index is 11.1. The van der Waals surface area contributed by atoms with Gasteiger partial charge in [-0.25, -0.2) is 0 Å². The van der Waals surface area contributed by atoms with E-state index < -0.39 is 11.4 Å². The van der Waals surface area contributed by atoms with E-state index >= 15 is 0 Å². The fourth-order valence-corrected chi connectivity index (χ4v) is 1.74. The van der Waals surface area contributed by atoms with Gasteiger partial charge in [-0.05, 0) is 19.8 Å². The first-order valence-electron chi connectivity index (χ1n) is 5.88. The maximum Gasteiger partial charge on any atom is 0.237 e. The lowest BCUT2D eigenvalue weighted by molar-refractivity contribution is -0.123. The number of nitrogens with two attached hydrogens (primary N) is 2. The van der Waals surface area contributed by atoms with E-state index in [1.165, 1.54) is 0 Å². The summed E-state index contributed by atoms with van der Waals surface area (Å²) in [6, 6.07) is 0. The lowest BCUT2D eigenvalue weighted by atomic mass is 9.98. The molecule has 2 atom stereocenters. The first kappa shape index (κ1) is 13.4. The van der Waals surface area contributed by atoms with Crippen LogP contribution in [0, 0.1) is 0 Å². The van der Waals surface area contributed by atoms with E-state index in [4.69, 9.17) is 16.2 Å². The molecule has 0 saturated carbocycles. The third-order valence-corrected chi connectivity index (χ3v) is 3.19. The van der Waals surface area contributed by atoms with Crippen LogP contribution >= 0.6 is 0 Å². The van der Waals surface area contributed by atoms with Gasteiger partial charge in [0.25, 0.3) is 0 Å². The molecule has 1 heterocycles. The molecule has 0 bridgehead atoms. The van der Waals surface area contributed by atoms with Gasteiger partial charge in [0.1, 0.15) is 0 Å². The number of hydrogen-bond acceptors (Lipinski definition) is 4. The van der Waals surface area contributed by atoms with Crippen molar-refractivity contribution in [2.75, 3.05) is 26.2 Å². The highest BCUT2D eigenvalue weighted by Gasteiger charge is 2.27. The average Bonchev–Trinajstić information content (AvgIpc) is 2.26. The fraction of sp³-hybridized carbons (Fsp3) is 0.909. The number of carbonyl (C=O) groups excluding carboxylic acids is 1. The van der Waals surface area contributed by atoms with Gasteiger partial charge in [-0.1, -0.05) is 6.92 Å². The maximum atomic E-state index is 11.1. The van der Waals surface area contributed by atoms with Crippen molar-refractivity contribution in [2.45, 2.75) is 38.3 Å². The molecule has 1 rings (SSSR count). The molecule has 16 heavy (non-hydrogen) atoms. The Morgan fingerprint density at radius 3 is 2.88 bits per heavy atom. The molecule has 0 aromatic rings. The third kappa shape index (κ3) is 3.73. The van der Waals surface area contributed by atoms with E-state index in [9.17, 15) is 4.79 Å². The van der Waals surface area contributed by atoms with Gasteiger partial charge in [-0.15, -0.1) is 0 Å². The third-order valence-electron chi connectivity index (χ3n) is 3.19. The molecule has 1 fully saturated rings. The first-order chi connectivity index (χ1) is 7.45. The summed E-state index contributed by atoms with van der Waals surface area (Å²) in [7, 11) is 0. The summed E-state index contributed by atoms with van der Waals surface area (Å²) in [6.07, 6.45) is 1.93. The number of primary amides is 1. The number of carbonyl (C=O) groups is 1. The van der Waals surface area contributed by atoms with Crippen molar-refractivity contribution in [3.63, 3.8) is 0 Å². The minimum atomic E-state index is -0.903. The topological polar surface area (TPSA) is 81.6 Å². The van der Waals surface area contributed by atoms with Crippen molar-refractivity contribution in [3.8, 4) is 0 Å². The highest BCUT2D eigenvalue weighted by molar-refractivity contribution is 5.83. The number of amides is 1. The van der Waals surface area contributed by atoms with Crippen molar-refractivity contribution in [1.82, 2.24) is 4.90 Å². The summed E-state index contributed by atoms with van der Waals surface area (Å²) in [6.45, 7) is 7.19. The molecule has 94 valence electrons. The molecule has 0 aliphatic carbocycles. The van der Waals surface area contributed by atoms with Crippen molar-refractivity contribution in [2.24, 2.45) is 11.5 Å². The van der Waals surface area contributed by atoms with Crippen molar-refractivity contribution >= 4 is 5.91 Å². The van der Waals surface area contributed by atoms with Gasteiger partial charge >= 0.3 is 0 Å². The second kappa shape index (κ2) is 5.61. The summed E-state index contributed by atoms with van der Waals surface area (Å²) in [5.74, 6) is -0.437. The first-order valence-corrected chi connectivity index (χ1v) is 5.88. The monoisotopic (exact) mass is 229 g/mol. The number of rotatable bonds is 5. The van der Waals surface area contributed by atoms with Crippen LogP contribution in [0.25, 0.3) is 0 Å². The Hall–Kier alpha value is -0.650. The number of ether oxygens (including phenoxy) is 1. The summed E-state index contributed by atoms with van der Waals surface area (Å²) in [5, 5.41) is 0. The number of hydrogen-bond donors (Lipinski definition) is 2. The Balaban J connectivity index is 2.35. The minimum Gasteiger partial charge on any atom is -0.376 e. The molecule has 0 aromatic heterocycles. The molecule has 0 spiro atoms. The van der Waals surface area contributed by atoms with Crippen LogP contribution in [0.1, 0.15) is 26.7 Å². The van der Waals surface area contributed by atoms with Crippen LogP contribution in [-0.2, 0) is 9.53 Å². The minimum absolute atomic E-state index is 0.311. The van der Waals surface area contributed by atoms with Crippen LogP contribution < -0.4 is 11.5 Å². The highest BCUT2D eigenvalue weighted by Crippen LogP contribution is 2.11. The molecule has 1 aliphatic rings. The fourth-order valence-electron chi connectivity index (χ4n) is 1.74. The van der Waals surface area contributed by atoms with Crippen LogP contribution in [0.3, 0.4) is 0 Å². The summed E-state index contributed by atoms with van der Waals surface area (Å²) >= 11 is 0. The molecule has 5 nitrogen and oxygen atoms in total. The largest absolute Gasteiger partial charge is 0.376 e. The second-order valence-corrected chi connectivity index (χ2v) is 4.73. The van der Waals surface area contributed by atoms with Gasteiger partial charge in [0.05, 0.1) is 18.2 Å². The van der Waals surface area contributed by atoms with E-state index in [-0.39, 0.29) is 0 Å². The van der Waals surface area contributed by atoms with Crippen molar-refractivity contribution in [1.29, 1.82) is 0 Å². The lowest BCUT2D eigenvalue weighted by Gasteiger charge is -2.34. The van der Waals surface area contributed by atoms with E-state index in [0.717, 1.165) is 32.7 Å². The molecule has 0 aromatic carbocycles. The van der Waals surface area contributed by atoms with Gasteiger partial charge in [-0.3, -0.25) is 9.69 Å². The van der Waals surface area contributed by atoms with Gasteiger partial charge in [0, 0.05) is 19.6 Å². The van der Waals surface area contributed by atoms with E-state index in [0.29, 0.717) is 12.5 Å². The molecular formula is C11H23N3O2. The Labute approximate surface area is 97.1 Å². The van der Waals surface area contributed by atoms with Crippen LogP contribution in [0.15, 0.2) is 0 Å². The van der Waals surface area contributed by atoms with Crippen LogP contribution in [0.4, 0.5) is 0 Å². The number of morpholine rings is 1. The number of nitrogens with zero attached hydrogens (tertiary/aromatic N) is 1. The van der Waals surface area contributed by atoms with Crippen molar-refractivity contribution < 1.29 is 9.53 Å². The van der Waals surface area contributed by atoms with E-state index in [1.54, 1.807) is 6.92 Å². The molecule has 4 N–H and O–H groups in total. The Morgan fingerprint density at radius 1 is 1.62 bits per heavy atom. The van der Waals surface area contributed by atoms with E-state index in [1.807, 2.05) is 0 Å². The molecule has 1 saturated heterocycles. The Kier molecular flexibility index (Phi) is 4.70. The molecule has 2 unspecified atom stereocenters. The summed E-state index contributed by atoms with van der Waals surface area (Å²) in [4.78, 5) is 13.4. The zero-order valence-electron chi connectivity index (χ0n) is 10.2. The smallest absolute Gasteiger partial charge is 0.237 e. The molecule has 5 heteroatoms. The summed E-state index contributed by atoms with van der Waals surface area (Å²) in [5.41, 5.74) is 10.1. The van der Waals surface area contributed by atoms with E-state index in [2.05, 4.69) is 11.8 Å². The standard InChI is InChI=1S/C11H23N3O2/c1-3-9-8-14(6-7-16-9)5-4-11(2,13)10(12)15/h9H,3-8,13H2,1-2H3,(H2,12,15). The zero-order chi connectivity index (χ0) is 12.2. The Morgan fingerprint density at radius 2 is 2.31 bits per heavy atom. The van der Waals surface area contributed by atoms with Crippen molar-refractivity contribution in [3.05, 3.63) is 0 Å². The zero-order valence-corrected chi connectivity index (χ0v) is 10.2. The average molecular weight is 229 g/mol. The predicted octanol–water partition coefficient (Wildman–Crippen LogP) is -0.310. The highest BCUT2D eigenvalue weighted by atomic mass is 16.5.